The van der Waals surface area contributed by atoms with Crippen molar-refractivity contribution in [2.24, 2.45) is 0 Å². The first-order valence-electron chi connectivity index (χ1n) is 12.1. The van der Waals surface area contributed by atoms with Crippen LogP contribution in [0.5, 0.6) is 23.0 Å². The van der Waals surface area contributed by atoms with Crippen LogP contribution < -0.4 is 19.5 Å². The van der Waals surface area contributed by atoms with Gasteiger partial charge in [0.05, 0.1) is 0 Å². The van der Waals surface area contributed by atoms with E-state index >= 15 is 0 Å². The molecule has 0 bridgehead atoms. The minimum Gasteiger partial charge on any atom is -0.457 e. The topological polar surface area (TPSA) is 65.0 Å². The molecular weight excluding hydrogens is 454 g/mol. The highest BCUT2D eigenvalue weighted by molar-refractivity contribution is 6.04. The standard InChI is InChI=1S/C29H31N3O4/c1-19-20(2)32(15-5-14-31(3)4)26-12-11-24(17-25(19)26)36-23-9-6-21(7-10-23)29(33)30-22-8-13-27-28(16-22)35-18-34-27/h6-13,16-17H,5,14-15,18H2,1-4H3,(H,30,33). The molecule has 0 radical (unpaired) electrons. The van der Waals surface area contributed by atoms with E-state index in [0.29, 0.717) is 28.5 Å². The quantitative estimate of drug-likeness (QED) is 0.332. The smallest absolute Gasteiger partial charge is 0.255 e. The van der Waals surface area contributed by atoms with Gasteiger partial charge in [-0.15, -0.1) is 0 Å². The van der Waals surface area contributed by atoms with Gasteiger partial charge in [-0.2, -0.15) is 0 Å². The number of benzene rings is 3. The molecule has 2 heterocycles. The molecule has 1 aromatic heterocycles. The van der Waals surface area contributed by atoms with Gasteiger partial charge in [-0.05, 0) is 101 Å². The SMILES string of the molecule is Cc1c(C)n(CCCN(C)C)c2ccc(Oc3ccc(C(=O)Nc4ccc5c(c4)OCO5)cc3)cc12. The Balaban J connectivity index is 1.27. The average Bonchev–Trinajstić information content (AvgIpc) is 3.42. The predicted octanol–water partition coefficient (Wildman–Crippen LogP) is 5.98. The second kappa shape index (κ2) is 9.95. The normalized spacial score (nSPS) is 12.4. The van der Waals surface area contributed by atoms with Crippen LogP contribution in [0.4, 0.5) is 5.69 Å². The Morgan fingerprint density at radius 3 is 2.50 bits per heavy atom. The molecule has 186 valence electrons. The minimum atomic E-state index is -0.205. The first-order chi connectivity index (χ1) is 17.4. The maximum atomic E-state index is 12.7. The van der Waals surface area contributed by atoms with Crippen molar-refractivity contribution in [2.75, 3.05) is 32.7 Å². The van der Waals surface area contributed by atoms with Gasteiger partial charge in [-0.25, -0.2) is 0 Å². The fourth-order valence-electron chi connectivity index (χ4n) is 4.51. The van der Waals surface area contributed by atoms with E-state index in [9.17, 15) is 4.79 Å². The summed E-state index contributed by atoms with van der Waals surface area (Å²) in [6.07, 6.45) is 1.10. The lowest BCUT2D eigenvalue weighted by atomic mass is 10.1. The van der Waals surface area contributed by atoms with Crippen LogP contribution in [-0.2, 0) is 6.54 Å². The van der Waals surface area contributed by atoms with E-state index in [0.717, 1.165) is 25.3 Å². The van der Waals surface area contributed by atoms with Crippen molar-refractivity contribution in [3.8, 4) is 23.0 Å². The molecule has 36 heavy (non-hydrogen) atoms. The van der Waals surface area contributed by atoms with Crippen LogP contribution in [0.25, 0.3) is 10.9 Å². The van der Waals surface area contributed by atoms with Crippen molar-refractivity contribution in [3.05, 3.63) is 77.5 Å². The van der Waals surface area contributed by atoms with Gasteiger partial charge in [0.1, 0.15) is 11.5 Å². The van der Waals surface area contributed by atoms with E-state index in [2.05, 4.69) is 54.9 Å². The van der Waals surface area contributed by atoms with E-state index in [1.165, 1.54) is 22.2 Å². The second-order valence-electron chi connectivity index (χ2n) is 9.35. The number of carbonyl (C=O) groups is 1. The van der Waals surface area contributed by atoms with E-state index in [1.54, 1.807) is 30.3 Å². The molecule has 1 amide bonds. The molecule has 0 atom stereocenters. The molecule has 0 saturated heterocycles. The lowest BCUT2D eigenvalue weighted by molar-refractivity contribution is 0.102. The van der Waals surface area contributed by atoms with Gasteiger partial charge in [-0.1, -0.05) is 0 Å². The van der Waals surface area contributed by atoms with Gasteiger partial charge < -0.3 is 29.0 Å². The fraction of sp³-hybridized carbons (Fsp3) is 0.276. The van der Waals surface area contributed by atoms with Crippen molar-refractivity contribution in [1.29, 1.82) is 0 Å². The van der Waals surface area contributed by atoms with Crippen molar-refractivity contribution < 1.29 is 19.0 Å². The number of anilines is 1. The Labute approximate surface area is 211 Å². The first-order valence-corrected chi connectivity index (χ1v) is 12.1. The molecular formula is C29H31N3O4. The van der Waals surface area contributed by atoms with Crippen LogP contribution >= 0.6 is 0 Å². The van der Waals surface area contributed by atoms with Crippen LogP contribution in [0.15, 0.2) is 60.7 Å². The van der Waals surface area contributed by atoms with Crippen molar-refractivity contribution in [3.63, 3.8) is 0 Å². The third-order valence-corrected chi connectivity index (χ3v) is 6.58. The predicted molar refractivity (Wildman–Crippen MR) is 142 cm³/mol. The number of fused-ring (bicyclic) bond motifs is 2. The van der Waals surface area contributed by atoms with E-state index in [1.807, 2.05) is 18.2 Å². The van der Waals surface area contributed by atoms with Gasteiger partial charge in [0, 0.05) is 40.5 Å². The van der Waals surface area contributed by atoms with Gasteiger partial charge in [0.25, 0.3) is 5.91 Å². The fourth-order valence-corrected chi connectivity index (χ4v) is 4.51. The summed E-state index contributed by atoms with van der Waals surface area (Å²) in [5.74, 6) is 2.55. The maximum Gasteiger partial charge on any atom is 0.255 e. The molecule has 5 rings (SSSR count). The molecule has 0 spiro atoms. The highest BCUT2D eigenvalue weighted by Gasteiger charge is 2.15. The average molecular weight is 486 g/mol. The van der Waals surface area contributed by atoms with Crippen molar-refractivity contribution in [1.82, 2.24) is 9.47 Å². The number of ether oxygens (including phenoxy) is 3. The Bertz CT molecular complexity index is 1410. The summed E-state index contributed by atoms with van der Waals surface area (Å²) in [5, 5.41) is 4.09. The van der Waals surface area contributed by atoms with Gasteiger partial charge in [-0.3, -0.25) is 4.79 Å². The molecule has 0 saturated carbocycles. The summed E-state index contributed by atoms with van der Waals surface area (Å²) in [7, 11) is 4.21. The highest BCUT2D eigenvalue weighted by Crippen LogP contribution is 2.34. The Hall–Kier alpha value is -3.97. The zero-order valence-electron chi connectivity index (χ0n) is 21.1. The summed E-state index contributed by atoms with van der Waals surface area (Å²) in [6, 6.07) is 18.7. The Morgan fingerprint density at radius 2 is 1.72 bits per heavy atom. The Morgan fingerprint density at radius 1 is 0.972 bits per heavy atom. The molecule has 3 aromatic carbocycles. The lowest BCUT2D eigenvalue weighted by Gasteiger charge is -2.12. The van der Waals surface area contributed by atoms with E-state index in [-0.39, 0.29) is 12.7 Å². The van der Waals surface area contributed by atoms with Gasteiger partial charge in [0.2, 0.25) is 6.79 Å². The summed E-state index contributed by atoms with van der Waals surface area (Å²) in [6.45, 7) is 6.59. The number of nitrogens with zero attached hydrogens (tertiary/aromatic N) is 2. The number of nitrogens with one attached hydrogen (secondary N) is 1. The molecule has 0 aliphatic carbocycles. The Kier molecular flexibility index (Phi) is 6.57. The summed E-state index contributed by atoms with van der Waals surface area (Å²) < 4.78 is 19.2. The monoisotopic (exact) mass is 485 g/mol. The van der Waals surface area contributed by atoms with E-state index in [4.69, 9.17) is 14.2 Å². The van der Waals surface area contributed by atoms with Crippen LogP contribution in [0.3, 0.4) is 0 Å². The number of hydrogen-bond acceptors (Lipinski definition) is 5. The van der Waals surface area contributed by atoms with Crippen molar-refractivity contribution in [2.45, 2.75) is 26.8 Å². The number of carbonyl (C=O) groups excluding carboxylic acids is 1. The molecule has 4 aromatic rings. The van der Waals surface area contributed by atoms with Crippen LogP contribution in [0.1, 0.15) is 28.0 Å². The number of rotatable bonds is 8. The largest absolute Gasteiger partial charge is 0.457 e. The van der Waals surface area contributed by atoms with Gasteiger partial charge in [0.15, 0.2) is 11.5 Å². The lowest BCUT2D eigenvalue weighted by Crippen LogP contribution is -2.15. The zero-order valence-corrected chi connectivity index (χ0v) is 21.1. The number of amides is 1. The third-order valence-electron chi connectivity index (χ3n) is 6.58. The zero-order chi connectivity index (χ0) is 25.2. The van der Waals surface area contributed by atoms with Crippen molar-refractivity contribution >= 4 is 22.5 Å². The summed E-state index contributed by atoms with van der Waals surface area (Å²) >= 11 is 0. The van der Waals surface area contributed by atoms with Crippen LogP contribution in [0.2, 0.25) is 0 Å². The van der Waals surface area contributed by atoms with Crippen LogP contribution in [0, 0.1) is 13.8 Å². The number of aromatic nitrogens is 1. The third kappa shape index (κ3) is 4.88. The molecule has 7 nitrogen and oxygen atoms in total. The summed E-state index contributed by atoms with van der Waals surface area (Å²) in [4.78, 5) is 14.9. The number of aryl methyl sites for hydroxylation is 2. The van der Waals surface area contributed by atoms with E-state index < -0.39 is 0 Å². The molecule has 1 aliphatic rings. The second-order valence-corrected chi connectivity index (χ2v) is 9.35. The molecule has 0 fully saturated rings. The number of hydrogen-bond donors (Lipinski definition) is 1. The van der Waals surface area contributed by atoms with Crippen LogP contribution in [-0.4, -0.2) is 42.8 Å². The molecule has 0 unspecified atom stereocenters. The highest BCUT2D eigenvalue weighted by atomic mass is 16.7. The first kappa shape index (κ1) is 23.8. The minimum absolute atomic E-state index is 0.197. The molecule has 1 aliphatic heterocycles. The maximum absolute atomic E-state index is 12.7. The molecule has 1 N–H and O–H groups in total. The molecule has 7 heteroatoms. The van der Waals surface area contributed by atoms with Gasteiger partial charge >= 0.3 is 0 Å². The summed E-state index contributed by atoms with van der Waals surface area (Å²) in [5.41, 5.74) is 4.98.